The van der Waals surface area contributed by atoms with Crippen molar-refractivity contribution in [1.29, 1.82) is 0 Å². The van der Waals surface area contributed by atoms with Gasteiger partial charge in [-0.05, 0) is 33.3 Å². The van der Waals surface area contributed by atoms with Gasteiger partial charge in [-0.2, -0.15) is 0 Å². The molecular weight excluding hydrogens is 488 g/mol. The maximum atomic E-state index is 14.2. The quantitative estimate of drug-likeness (QED) is 0.240. The fourth-order valence-electron chi connectivity index (χ4n) is 9.22. The molecule has 0 bridgehead atoms. The summed E-state index contributed by atoms with van der Waals surface area (Å²) in [5, 5.41) is 33.2. The number of ether oxygens (including phenoxy) is 4. The lowest BCUT2D eigenvalue weighted by molar-refractivity contribution is -0.253. The van der Waals surface area contributed by atoms with Crippen LogP contribution in [0.4, 0.5) is 0 Å². The highest BCUT2D eigenvalue weighted by Gasteiger charge is 2.90. The Bertz CT molecular complexity index is 1180. The maximum absolute atomic E-state index is 14.2. The van der Waals surface area contributed by atoms with Gasteiger partial charge < -0.3 is 34.3 Å². The molecule has 2 aliphatic carbocycles. The molecule has 1 spiro atoms. The summed E-state index contributed by atoms with van der Waals surface area (Å²) in [6.45, 7) is 8.53. The third kappa shape index (κ3) is 2.66. The SMILES string of the molecule is CC1(C)OC(=O)CC(O)C2(C)C1CC(=O)C1(C)C2C(O)CC2(C)C(C3=CC(O)OC3=O)OC(=O)C3OC321. The summed E-state index contributed by atoms with van der Waals surface area (Å²) < 4.78 is 22.3. The number of hydrogen-bond donors (Lipinski definition) is 3. The summed E-state index contributed by atoms with van der Waals surface area (Å²) in [7, 11) is 0. The Morgan fingerprint density at radius 1 is 0.919 bits per heavy atom. The summed E-state index contributed by atoms with van der Waals surface area (Å²) in [6, 6.07) is 0. The van der Waals surface area contributed by atoms with E-state index in [1.165, 1.54) is 0 Å². The van der Waals surface area contributed by atoms with E-state index in [1.807, 2.05) is 0 Å². The number of hydrogen-bond acceptors (Lipinski definition) is 11. The molecule has 2 saturated carbocycles. The van der Waals surface area contributed by atoms with Crippen molar-refractivity contribution in [2.45, 2.75) is 95.8 Å². The maximum Gasteiger partial charge on any atom is 0.340 e. The van der Waals surface area contributed by atoms with E-state index in [0.717, 1.165) is 6.08 Å². The van der Waals surface area contributed by atoms with E-state index in [1.54, 1.807) is 34.6 Å². The lowest BCUT2D eigenvalue weighted by Gasteiger charge is -2.67. The zero-order valence-corrected chi connectivity index (χ0v) is 21.3. The smallest absolute Gasteiger partial charge is 0.340 e. The van der Waals surface area contributed by atoms with Crippen LogP contribution in [0.15, 0.2) is 11.6 Å². The van der Waals surface area contributed by atoms with Crippen molar-refractivity contribution in [3.05, 3.63) is 11.6 Å². The van der Waals surface area contributed by atoms with Gasteiger partial charge in [-0.15, -0.1) is 0 Å². The molecule has 0 aromatic carbocycles. The Balaban J connectivity index is 1.55. The third-order valence-corrected chi connectivity index (χ3v) is 10.7. The minimum atomic E-state index is -1.51. The first kappa shape index (κ1) is 25.0. The molecule has 11 unspecified atom stereocenters. The van der Waals surface area contributed by atoms with Crippen LogP contribution in [-0.2, 0) is 38.1 Å². The van der Waals surface area contributed by atoms with Gasteiger partial charge in [0.25, 0.3) is 0 Å². The van der Waals surface area contributed by atoms with E-state index in [4.69, 9.17) is 18.9 Å². The van der Waals surface area contributed by atoms with Crippen LogP contribution in [0.5, 0.6) is 0 Å². The number of rotatable bonds is 1. The first-order chi connectivity index (χ1) is 17.1. The molecule has 202 valence electrons. The molecule has 3 saturated heterocycles. The molecule has 0 radical (unpaired) electrons. The fraction of sp³-hybridized carbons (Fsp3) is 0.769. The number of aliphatic hydroxyl groups is 3. The van der Waals surface area contributed by atoms with Crippen LogP contribution in [0, 0.1) is 28.1 Å². The number of carbonyl (C=O) groups excluding carboxylic acids is 4. The van der Waals surface area contributed by atoms with Crippen LogP contribution in [0.25, 0.3) is 0 Å². The van der Waals surface area contributed by atoms with E-state index < -0.39 is 87.9 Å². The summed E-state index contributed by atoms with van der Waals surface area (Å²) >= 11 is 0. The molecule has 4 heterocycles. The van der Waals surface area contributed by atoms with Crippen molar-refractivity contribution in [2.24, 2.45) is 28.1 Å². The highest BCUT2D eigenvalue weighted by molar-refractivity contribution is 5.96. The van der Waals surface area contributed by atoms with E-state index in [0.29, 0.717) is 0 Å². The molecule has 37 heavy (non-hydrogen) atoms. The molecule has 11 atom stereocenters. The second-order valence-corrected chi connectivity index (χ2v) is 12.7. The second-order valence-electron chi connectivity index (χ2n) is 12.7. The molecule has 4 aliphatic heterocycles. The van der Waals surface area contributed by atoms with Crippen molar-refractivity contribution < 1.29 is 53.4 Å². The van der Waals surface area contributed by atoms with Gasteiger partial charge in [0.15, 0.2) is 6.10 Å². The topological polar surface area (TPSA) is 169 Å². The van der Waals surface area contributed by atoms with E-state index >= 15 is 0 Å². The Morgan fingerprint density at radius 3 is 2.22 bits per heavy atom. The number of epoxide rings is 1. The second kappa shape index (κ2) is 6.99. The van der Waals surface area contributed by atoms with Crippen LogP contribution in [-0.4, -0.2) is 80.9 Å². The largest absolute Gasteiger partial charge is 0.459 e. The summed E-state index contributed by atoms with van der Waals surface area (Å²) in [5.41, 5.74) is -6.54. The van der Waals surface area contributed by atoms with Gasteiger partial charge in [-0.1, -0.05) is 13.8 Å². The molecular formula is C26H32O11. The Kier molecular flexibility index (Phi) is 4.72. The molecule has 6 aliphatic rings. The first-order valence-corrected chi connectivity index (χ1v) is 12.7. The molecule has 11 nitrogen and oxygen atoms in total. The lowest BCUT2D eigenvalue weighted by Crippen LogP contribution is -2.76. The normalized spacial score (nSPS) is 53.8. The summed E-state index contributed by atoms with van der Waals surface area (Å²) in [5.74, 6) is -4.02. The van der Waals surface area contributed by atoms with E-state index in [-0.39, 0.29) is 30.6 Å². The van der Waals surface area contributed by atoms with E-state index in [2.05, 4.69) is 0 Å². The van der Waals surface area contributed by atoms with Crippen LogP contribution in [0.3, 0.4) is 0 Å². The van der Waals surface area contributed by atoms with Crippen molar-refractivity contribution >= 4 is 23.7 Å². The Hall–Kier alpha value is -2.34. The predicted molar refractivity (Wildman–Crippen MR) is 120 cm³/mol. The van der Waals surface area contributed by atoms with Gasteiger partial charge in [-0.25, -0.2) is 9.59 Å². The van der Waals surface area contributed by atoms with Crippen molar-refractivity contribution in [2.75, 3.05) is 0 Å². The summed E-state index contributed by atoms with van der Waals surface area (Å²) in [4.78, 5) is 52.5. The molecule has 3 N–H and O–H groups in total. The van der Waals surface area contributed by atoms with Gasteiger partial charge in [0.2, 0.25) is 6.29 Å². The van der Waals surface area contributed by atoms with E-state index in [9.17, 15) is 34.5 Å². The van der Waals surface area contributed by atoms with Gasteiger partial charge in [0.1, 0.15) is 23.1 Å². The highest BCUT2D eigenvalue weighted by Crippen LogP contribution is 2.77. The zero-order valence-electron chi connectivity index (χ0n) is 21.3. The van der Waals surface area contributed by atoms with Gasteiger partial charge in [0, 0.05) is 29.1 Å². The first-order valence-electron chi connectivity index (χ1n) is 12.7. The van der Waals surface area contributed by atoms with Gasteiger partial charge >= 0.3 is 17.9 Å². The minimum Gasteiger partial charge on any atom is -0.459 e. The minimum absolute atomic E-state index is 0.0417. The standard InChI is InChI=1S/C26H32O11/c1-22(2)12-7-14(29)25(5)17(24(12,4)13(28)8-16(31)36-22)11(27)9-23(3)18(10-6-15(30)34-20(10)32)35-21(33)19-26(23,25)37-19/h6,11-13,15,17-19,27-28,30H,7-9H2,1-5H3. The number of fused-ring (bicyclic) bond motifs is 3. The van der Waals surface area contributed by atoms with Crippen molar-refractivity contribution in [3.63, 3.8) is 0 Å². The van der Waals surface area contributed by atoms with Crippen LogP contribution in [0.1, 0.15) is 53.9 Å². The molecule has 0 aromatic rings. The average molecular weight is 521 g/mol. The molecule has 5 fully saturated rings. The highest BCUT2D eigenvalue weighted by atomic mass is 16.7. The fourth-order valence-corrected chi connectivity index (χ4v) is 9.22. The Morgan fingerprint density at radius 2 is 1.59 bits per heavy atom. The molecule has 0 aromatic heterocycles. The number of cyclic esters (lactones) is 3. The molecule has 6 rings (SSSR count). The number of Topliss-reactive ketones (excluding diaryl/α,β-unsaturated/α-hetero) is 1. The van der Waals surface area contributed by atoms with Crippen LogP contribution >= 0.6 is 0 Å². The Labute approximate surface area is 213 Å². The summed E-state index contributed by atoms with van der Waals surface area (Å²) in [6.07, 6.45) is -5.57. The third-order valence-electron chi connectivity index (χ3n) is 10.7. The van der Waals surface area contributed by atoms with Crippen LogP contribution < -0.4 is 0 Å². The zero-order chi connectivity index (χ0) is 27.1. The monoisotopic (exact) mass is 520 g/mol. The number of ketones is 1. The van der Waals surface area contributed by atoms with Gasteiger partial charge in [0.05, 0.1) is 29.6 Å². The van der Waals surface area contributed by atoms with Gasteiger partial charge in [-0.3, -0.25) is 9.59 Å². The van der Waals surface area contributed by atoms with Crippen molar-refractivity contribution in [1.82, 2.24) is 0 Å². The predicted octanol–water partition coefficient (Wildman–Crippen LogP) is -0.0739. The van der Waals surface area contributed by atoms with Crippen LogP contribution in [0.2, 0.25) is 0 Å². The number of esters is 3. The number of aliphatic hydroxyl groups excluding tert-OH is 3. The average Bonchev–Trinajstić information content (AvgIpc) is 3.47. The number of carbonyl (C=O) groups is 4. The lowest BCUT2D eigenvalue weighted by atomic mass is 9.36. The van der Waals surface area contributed by atoms with Crippen molar-refractivity contribution in [3.8, 4) is 0 Å². The molecule has 0 amide bonds. The molecule has 11 heteroatoms.